The molecule has 0 saturated carbocycles. The molecule has 7 heteroatoms. The van der Waals surface area contributed by atoms with Crippen LogP contribution in [0.3, 0.4) is 0 Å². The summed E-state index contributed by atoms with van der Waals surface area (Å²) in [6.45, 7) is 7.73. The van der Waals surface area contributed by atoms with Crippen molar-refractivity contribution in [3.8, 4) is 5.75 Å². The van der Waals surface area contributed by atoms with E-state index in [0.717, 1.165) is 22.8 Å². The molecule has 2 aromatic carbocycles. The number of ether oxygens (including phenoxy) is 1. The van der Waals surface area contributed by atoms with Crippen LogP contribution in [0.2, 0.25) is 0 Å². The van der Waals surface area contributed by atoms with Crippen LogP contribution in [0, 0.1) is 6.92 Å². The van der Waals surface area contributed by atoms with Crippen molar-refractivity contribution in [3.05, 3.63) is 65.2 Å². The third kappa shape index (κ3) is 6.35. The average Bonchev–Trinajstić information content (AvgIpc) is 2.66. The van der Waals surface area contributed by atoms with E-state index in [1.165, 1.54) is 10.4 Å². The van der Waals surface area contributed by atoms with Crippen molar-refractivity contribution in [2.24, 2.45) is 0 Å². The van der Waals surface area contributed by atoms with Gasteiger partial charge >= 0.3 is 5.97 Å². The molecule has 0 aliphatic carbocycles. The summed E-state index contributed by atoms with van der Waals surface area (Å²) in [6, 6.07) is 12.6. The van der Waals surface area contributed by atoms with Crippen molar-refractivity contribution in [1.29, 1.82) is 0 Å². The number of hydrogen-bond acceptors (Lipinski definition) is 4. The molecule has 0 aromatic heterocycles. The van der Waals surface area contributed by atoms with Crippen LogP contribution in [-0.2, 0) is 21.4 Å². The summed E-state index contributed by atoms with van der Waals surface area (Å²) in [5, 5.41) is 8.71. The summed E-state index contributed by atoms with van der Waals surface area (Å²) < 4.78 is 33.2. The second-order valence-electron chi connectivity index (χ2n) is 7.38. The molecule has 0 aliphatic heterocycles. The van der Waals surface area contributed by atoms with Crippen LogP contribution in [0.5, 0.6) is 5.75 Å². The van der Waals surface area contributed by atoms with Crippen molar-refractivity contribution >= 4 is 27.8 Å². The number of anilines is 1. The van der Waals surface area contributed by atoms with Crippen LogP contribution in [0.15, 0.2) is 48.5 Å². The van der Waals surface area contributed by atoms with Gasteiger partial charge in [0.05, 0.1) is 11.4 Å². The van der Waals surface area contributed by atoms with Gasteiger partial charge in [-0.05, 0) is 62.1 Å². The van der Waals surface area contributed by atoms with Gasteiger partial charge in [0.15, 0.2) is 0 Å². The number of nitrogens with zero attached hydrogens (tertiary/aromatic N) is 1. The van der Waals surface area contributed by atoms with Crippen molar-refractivity contribution in [2.75, 3.05) is 10.1 Å². The van der Waals surface area contributed by atoms with Gasteiger partial charge < -0.3 is 9.84 Å². The molecule has 2 rings (SSSR count). The van der Waals surface area contributed by atoms with Crippen LogP contribution in [0.1, 0.15) is 43.9 Å². The van der Waals surface area contributed by atoms with Gasteiger partial charge in [0, 0.05) is 12.1 Å². The lowest BCUT2D eigenvalue weighted by molar-refractivity contribution is -0.131. The smallest absolute Gasteiger partial charge is 0.328 e. The first-order chi connectivity index (χ1) is 14.1. The molecule has 0 bridgehead atoms. The van der Waals surface area contributed by atoms with Gasteiger partial charge in [0.25, 0.3) is 0 Å². The highest BCUT2D eigenvalue weighted by Crippen LogP contribution is 2.34. The Bertz CT molecular complexity index is 995. The molecule has 30 heavy (non-hydrogen) atoms. The molecule has 2 aromatic rings. The predicted octanol–water partition coefficient (Wildman–Crippen LogP) is 4.63. The van der Waals surface area contributed by atoms with Crippen molar-refractivity contribution in [2.45, 2.75) is 46.8 Å². The zero-order valence-corrected chi connectivity index (χ0v) is 18.6. The van der Waals surface area contributed by atoms with Crippen LogP contribution < -0.4 is 9.04 Å². The van der Waals surface area contributed by atoms with Crippen LogP contribution in [0.4, 0.5) is 5.69 Å². The summed E-state index contributed by atoms with van der Waals surface area (Å²) >= 11 is 0. The second-order valence-corrected chi connectivity index (χ2v) is 9.34. The monoisotopic (exact) mass is 431 g/mol. The van der Waals surface area contributed by atoms with E-state index in [1.54, 1.807) is 18.2 Å². The topological polar surface area (TPSA) is 83.9 Å². The first kappa shape index (κ1) is 23.5. The Morgan fingerprint density at radius 3 is 2.40 bits per heavy atom. The molecule has 0 spiro atoms. The fourth-order valence-electron chi connectivity index (χ4n) is 3.08. The lowest BCUT2D eigenvalue weighted by atomic mass is 10.1. The Balaban J connectivity index is 2.28. The van der Waals surface area contributed by atoms with Crippen LogP contribution in [-0.4, -0.2) is 31.3 Å². The Morgan fingerprint density at radius 2 is 1.83 bits per heavy atom. The highest BCUT2D eigenvalue weighted by Gasteiger charge is 2.27. The highest BCUT2D eigenvalue weighted by molar-refractivity contribution is 7.92. The number of sulfonamides is 1. The zero-order valence-electron chi connectivity index (χ0n) is 17.8. The third-order valence-corrected chi connectivity index (χ3v) is 6.52. The Labute approximate surface area is 178 Å². The van der Waals surface area contributed by atoms with Crippen molar-refractivity contribution in [1.82, 2.24) is 0 Å². The normalized spacial score (nSPS) is 11.8. The van der Waals surface area contributed by atoms with Gasteiger partial charge in [-0.15, -0.1) is 0 Å². The number of carbonyl (C=O) groups is 1. The number of hydrogen-bond donors (Lipinski definition) is 1. The number of carboxylic acid groups (broad SMARTS) is 1. The maximum atomic E-state index is 12.9. The molecule has 1 N–H and O–H groups in total. The number of aliphatic carboxylic acids is 1. The third-order valence-electron chi connectivity index (χ3n) is 4.38. The Hall–Kier alpha value is -2.80. The van der Waals surface area contributed by atoms with Gasteiger partial charge in [-0.25, -0.2) is 13.2 Å². The summed E-state index contributed by atoms with van der Waals surface area (Å²) in [7, 11) is -3.46. The Kier molecular flexibility index (Phi) is 8.06. The molecular weight excluding hydrogens is 402 g/mol. The van der Waals surface area contributed by atoms with Crippen LogP contribution >= 0.6 is 0 Å². The SMILES string of the molecule is CCCS(=O)(=O)N(c1ccc(C)cc1OCc1ccc(/C=C/C(=O)O)cc1)C(C)C. The summed E-state index contributed by atoms with van der Waals surface area (Å²) in [5.74, 6) is -0.413. The standard InChI is InChI=1S/C23H29NO5S/c1-5-14-30(27,28)24(17(2)3)21-12-6-18(4)15-22(21)29-16-20-9-7-19(8-10-20)11-13-23(25)26/h6-13,15,17H,5,14,16H2,1-4H3,(H,25,26)/b13-11+. The molecule has 0 saturated heterocycles. The van der Waals surface area contributed by atoms with Gasteiger partial charge in [0.1, 0.15) is 12.4 Å². The minimum atomic E-state index is -3.46. The quantitative estimate of drug-likeness (QED) is 0.555. The predicted molar refractivity (Wildman–Crippen MR) is 120 cm³/mol. The van der Waals surface area contributed by atoms with E-state index in [2.05, 4.69) is 0 Å². The second kappa shape index (κ2) is 10.3. The fourth-order valence-corrected chi connectivity index (χ4v) is 4.88. The number of carboxylic acids is 1. The Morgan fingerprint density at radius 1 is 1.17 bits per heavy atom. The van der Waals surface area contributed by atoms with Gasteiger partial charge in [0.2, 0.25) is 10.0 Å². The molecule has 0 unspecified atom stereocenters. The number of benzene rings is 2. The molecule has 162 valence electrons. The summed E-state index contributed by atoms with van der Waals surface area (Å²) in [5.41, 5.74) is 3.17. The first-order valence-electron chi connectivity index (χ1n) is 9.89. The molecule has 0 atom stereocenters. The van der Waals surface area contributed by atoms with E-state index < -0.39 is 16.0 Å². The lowest BCUT2D eigenvalue weighted by Gasteiger charge is -2.30. The van der Waals surface area contributed by atoms with E-state index in [-0.39, 0.29) is 18.4 Å². The van der Waals surface area contributed by atoms with E-state index in [1.807, 2.05) is 52.0 Å². The van der Waals surface area contributed by atoms with E-state index in [4.69, 9.17) is 9.84 Å². The minimum Gasteiger partial charge on any atom is -0.487 e. The summed E-state index contributed by atoms with van der Waals surface area (Å²) in [4.78, 5) is 10.6. The molecule has 0 amide bonds. The van der Waals surface area contributed by atoms with Crippen molar-refractivity contribution < 1.29 is 23.1 Å². The molecular formula is C23H29NO5S. The van der Waals surface area contributed by atoms with E-state index in [9.17, 15) is 13.2 Å². The van der Waals surface area contributed by atoms with Crippen LogP contribution in [0.25, 0.3) is 6.08 Å². The van der Waals surface area contributed by atoms with Crippen molar-refractivity contribution in [3.63, 3.8) is 0 Å². The maximum Gasteiger partial charge on any atom is 0.328 e. The number of rotatable bonds is 10. The fraction of sp³-hybridized carbons (Fsp3) is 0.348. The summed E-state index contributed by atoms with van der Waals surface area (Å²) in [6.07, 6.45) is 3.14. The zero-order chi connectivity index (χ0) is 22.3. The van der Waals surface area contributed by atoms with Gasteiger partial charge in [-0.1, -0.05) is 37.3 Å². The highest BCUT2D eigenvalue weighted by atomic mass is 32.2. The van der Waals surface area contributed by atoms with E-state index >= 15 is 0 Å². The molecule has 0 heterocycles. The molecule has 0 radical (unpaired) electrons. The minimum absolute atomic E-state index is 0.0732. The number of aryl methyl sites for hydroxylation is 1. The van der Waals surface area contributed by atoms with Gasteiger partial charge in [-0.2, -0.15) is 0 Å². The molecule has 0 aliphatic rings. The first-order valence-corrected chi connectivity index (χ1v) is 11.5. The van der Waals surface area contributed by atoms with Gasteiger partial charge in [-0.3, -0.25) is 4.31 Å². The molecule has 0 fully saturated rings. The average molecular weight is 432 g/mol. The van der Waals surface area contributed by atoms with E-state index in [0.29, 0.717) is 17.9 Å². The molecule has 6 nitrogen and oxygen atoms in total. The largest absolute Gasteiger partial charge is 0.487 e. The maximum absolute atomic E-state index is 12.9. The lowest BCUT2D eigenvalue weighted by Crippen LogP contribution is -2.38.